The van der Waals surface area contributed by atoms with E-state index < -0.39 is 0 Å². The zero-order chi connectivity index (χ0) is 13.9. The lowest BCUT2D eigenvalue weighted by Gasteiger charge is -2.23. The zero-order valence-corrected chi connectivity index (χ0v) is 11.2. The molecule has 102 valence electrons. The van der Waals surface area contributed by atoms with Crippen LogP contribution in [0.4, 0.5) is 11.5 Å². The number of amides is 1. The number of anilines is 2. The molecule has 1 aliphatic carbocycles. The number of nitrogens with one attached hydrogen (secondary N) is 1. The minimum atomic E-state index is -0.00805. The largest absolute Gasteiger partial charge is 0.396 e. The molecule has 1 aliphatic rings. The summed E-state index contributed by atoms with van der Waals surface area (Å²) >= 11 is 0. The smallest absolute Gasteiger partial charge is 0.229 e. The summed E-state index contributed by atoms with van der Waals surface area (Å²) < 4.78 is 0. The molecule has 2 aromatic rings. The van der Waals surface area contributed by atoms with E-state index in [1.54, 1.807) is 18.3 Å². The van der Waals surface area contributed by atoms with E-state index in [2.05, 4.69) is 22.4 Å². The Morgan fingerprint density at radius 3 is 2.80 bits per heavy atom. The molecule has 3 N–H and O–H groups in total. The number of nitrogens with zero attached hydrogens (tertiary/aromatic N) is 1. The molecule has 0 bridgehead atoms. The van der Waals surface area contributed by atoms with Gasteiger partial charge in [0.15, 0.2) is 5.82 Å². The van der Waals surface area contributed by atoms with Crippen LogP contribution in [-0.2, 0) is 17.6 Å². The monoisotopic (exact) mass is 267 g/mol. The number of nitrogens with two attached hydrogens (primary N) is 1. The van der Waals surface area contributed by atoms with Crippen molar-refractivity contribution in [2.75, 3.05) is 11.1 Å². The zero-order valence-electron chi connectivity index (χ0n) is 11.2. The molecule has 0 saturated heterocycles. The molecule has 1 unspecified atom stereocenters. The number of benzene rings is 1. The van der Waals surface area contributed by atoms with Gasteiger partial charge in [-0.25, -0.2) is 4.98 Å². The van der Waals surface area contributed by atoms with E-state index in [4.69, 9.17) is 5.73 Å². The average Bonchev–Trinajstić information content (AvgIpc) is 2.49. The van der Waals surface area contributed by atoms with Crippen LogP contribution in [0.3, 0.4) is 0 Å². The summed E-state index contributed by atoms with van der Waals surface area (Å²) in [6, 6.07) is 11.8. The quantitative estimate of drug-likeness (QED) is 0.878. The molecule has 0 radical (unpaired) electrons. The van der Waals surface area contributed by atoms with Gasteiger partial charge >= 0.3 is 0 Å². The topological polar surface area (TPSA) is 68.0 Å². The lowest BCUT2D eigenvalue weighted by atomic mass is 9.83. The van der Waals surface area contributed by atoms with Gasteiger partial charge in [0.2, 0.25) is 5.91 Å². The van der Waals surface area contributed by atoms with Crippen LogP contribution < -0.4 is 11.1 Å². The van der Waals surface area contributed by atoms with Crippen molar-refractivity contribution >= 4 is 17.4 Å². The van der Waals surface area contributed by atoms with E-state index in [1.807, 2.05) is 12.1 Å². The first-order chi connectivity index (χ1) is 9.74. The third-order valence-electron chi connectivity index (χ3n) is 3.80. The molecule has 20 heavy (non-hydrogen) atoms. The summed E-state index contributed by atoms with van der Waals surface area (Å²) in [4.78, 5) is 16.4. The second-order valence-electron chi connectivity index (χ2n) is 5.14. The van der Waals surface area contributed by atoms with Gasteiger partial charge in [-0.1, -0.05) is 24.3 Å². The van der Waals surface area contributed by atoms with Gasteiger partial charge in [-0.15, -0.1) is 0 Å². The van der Waals surface area contributed by atoms with Crippen LogP contribution in [0.5, 0.6) is 0 Å². The van der Waals surface area contributed by atoms with Crippen molar-refractivity contribution in [2.24, 2.45) is 5.92 Å². The Hall–Kier alpha value is -2.36. The Balaban J connectivity index is 1.72. The minimum absolute atomic E-state index is 0.00454. The fourth-order valence-electron chi connectivity index (χ4n) is 2.66. The van der Waals surface area contributed by atoms with E-state index in [0.29, 0.717) is 11.5 Å². The number of rotatable bonds is 2. The van der Waals surface area contributed by atoms with E-state index in [0.717, 1.165) is 19.3 Å². The van der Waals surface area contributed by atoms with Gasteiger partial charge in [0, 0.05) is 12.1 Å². The number of aromatic nitrogens is 1. The van der Waals surface area contributed by atoms with Crippen molar-refractivity contribution in [3.05, 3.63) is 53.7 Å². The number of hydrogen-bond donors (Lipinski definition) is 2. The summed E-state index contributed by atoms with van der Waals surface area (Å²) in [5, 5.41) is 2.84. The van der Waals surface area contributed by atoms with Crippen molar-refractivity contribution in [1.29, 1.82) is 0 Å². The molecule has 3 rings (SSSR count). The lowest BCUT2D eigenvalue weighted by Crippen LogP contribution is -2.28. The second kappa shape index (κ2) is 5.33. The molecule has 0 spiro atoms. The van der Waals surface area contributed by atoms with Gasteiger partial charge in [-0.3, -0.25) is 4.79 Å². The van der Waals surface area contributed by atoms with E-state index >= 15 is 0 Å². The maximum atomic E-state index is 12.3. The van der Waals surface area contributed by atoms with Crippen molar-refractivity contribution in [2.45, 2.75) is 19.3 Å². The van der Waals surface area contributed by atoms with Crippen LogP contribution in [-0.4, -0.2) is 10.9 Å². The van der Waals surface area contributed by atoms with Crippen LogP contribution in [0.15, 0.2) is 42.6 Å². The summed E-state index contributed by atoms with van der Waals surface area (Å²) in [7, 11) is 0. The summed E-state index contributed by atoms with van der Waals surface area (Å²) in [5.41, 5.74) is 8.92. The first kappa shape index (κ1) is 12.7. The first-order valence-electron chi connectivity index (χ1n) is 6.82. The standard InChI is InChI=1S/C16H17N3O/c17-14-6-3-9-18-15(14)19-16(20)13-8-7-11-4-1-2-5-12(11)10-13/h1-6,9,13H,7-8,10,17H2,(H,18,19,20). The normalized spacial score (nSPS) is 17.3. The highest BCUT2D eigenvalue weighted by Crippen LogP contribution is 2.26. The van der Waals surface area contributed by atoms with Crippen molar-refractivity contribution in [3.8, 4) is 0 Å². The fraction of sp³-hybridized carbons (Fsp3) is 0.250. The van der Waals surface area contributed by atoms with Crippen molar-refractivity contribution in [1.82, 2.24) is 4.98 Å². The van der Waals surface area contributed by atoms with E-state index in [9.17, 15) is 4.79 Å². The highest BCUT2D eigenvalue weighted by atomic mass is 16.1. The Labute approximate surface area is 118 Å². The SMILES string of the molecule is Nc1cccnc1NC(=O)C1CCc2ccccc2C1. The van der Waals surface area contributed by atoms with Crippen molar-refractivity contribution in [3.63, 3.8) is 0 Å². The van der Waals surface area contributed by atoms with Crippen LogP contribution in [0.2, 0.25) is 0 Å². The van der Waals surface area contributed by atoms with Gasteiger partial charge in [0.25, 0.3) is 0 Å². The predicted molar refractivity (Wildman–Crippen MR) is 79.2 cm³/mol. The Kier molecular flexibility index (Phi) is 3.37. The number of carbonyl (C=O) groups is 1. The third kappa shape index (κ3) is 2.50. The second-order valence-corrected chi connectivity index (χ2v) is 5.14. The van der Waals surface area contributed by atoms with Crippen LogP contribution in [0, 0.1) is 5.92 Å². The average molecular weight is 267 g/mol. The van der Waals surface area contributed by atoms with Crippen LogP contribution in [0.25, 0.3) is 0 Å². The van der Waals surface area contributed by atoms with Gasteiger partial charge < -0.3 is 11.1 Å². The molecule has 0 saturated carbocycles. The molecular weight excluding hydrogens is 250 g/mol. The summed E-state index contributed by atoms with van der Waals surface area (Å²) in [6.45, 7) is 0. The summed E-state index contributed by atoms with van der Waals surface area (Å²) in [5.74, 6) is 0.451. The van der Waals surface area contributed by atoms with Gasteiger partial charge in [-0.2, -0.15) is 0 Å². The Morgan fingerprint density at radius 1 is 1.20 bits per heavy atom. The van der Waals surface area contributed by atoms with Crippen molar-refractivity contribution < 1.29 is 4.79 Å². The Morgan fingerprint density at radius 2 is 2.00 bits per heavy atom. The van der Waals surface area contributed by atoms with E-state index in [1.165, 1.54) is 11.1 Å². The molecule has 1 aromatic heterocycles. The molecule has 4 heteroatoms. The number of nitrogen functional groups attached to an aromatic ring is 1. The molecule has 0 fully saturated rings. The number of fused-ring (bicyclic) bond motifs is 1. The summed E-state index contributed by atoms with van der Waals surface area (Å²) in [6.07, 6.45) is 4.23. The molecule has 1 aromatic carbocycles. The maximum Gasteiger partial charge on any atom is 0.229 e. The lowest BCUT2D eigenvalue weighted by molar-refractivity contribution is -0.120. The number of aryl methyl sites for hydroxylation is 1. The number of pyridine rings is 1. The predicted octanol–water partition coefficient (Wildman–Crippen LogP) is 2.41. The minimum Gasteiger partial charge on any atom is -0.396 e. The van der Waals surface area contributed by atoms with Gasteiger partial charge in [-0.05, 0) is 42.5 Å². The molecule has 1 atom stereocenters. The number of carbonyl (C=O) groups excluding carboxylic acids is 1. The molecule has 1 heterocycles. The van der Waals surface area contributed by atoms with Gasteiger partial charge in [0.05, 0.1) is 5.69 Å². The highest BCUT2D eigenvalue weighted by Gasteiger charge is 2.24. The number of hydrogen-bond acceptors (Lipinski definition) is 3. The Bertz CT molecular complexity index is 639. The molecule has 4 nitrogen and oxygen atoms in total. The van der Waals surface area contributed by atoms with E-state index in [-0.39, 0.29) is 11.8 Å². The fourth-order valence-corrected chi connectivity index (χ4v) is 2.66. The molecule has 1 amide bonds. The maximum absolute atomic E-state index is 12.3. The van der Waals surface area contributed by atoms with Crippen LogP contribution >= 0.6 is 0 Å². The van der Waals surface area contributed by atoms with Gasteiger partial charge in [0.1, 0.15) is 0 Å². The highest BCUT2D eigenvalue weighted by molar-refractivity contribution is 5.94. The third-order valence-corrected chi connectivity index (χ3v) is 3.80. The first-order valence-corrected chi connectivity index (χ1v) is 6.82. The molecule has 0 aliphatic heterocycles. The molecular formula is C16H17N3O. The van der Waals surface area contributed by atoms with Crippen LogP contribution in [0.1, 0.15) is 17.5 Å².